The molecule has 0 aliphatic carbocycles. The second-order valence-electron chi connectivity index (χ2n) is 10.5. The maximum Gasteiger partial charge on any atom is 0.416 e. The second-order valence-corrected chi connectivity index (χ2v) is 12.4. The summed E-state index contributed by atoms with van der Waals surface area (Å²) in [5.74, 6) is -0.00755. The van der Waals surface area contributed by atoms with Crippen molar-refractivity contribution in [3.8, 4) is 5.75 Å². The SMILES string of the molecule is CC(C)c1ccc(CNC(=O)[C@H]2C[C@H](NCc3cccc(O)c3)CCN2S(=O)(=O)c2ccc(C(F)(F)F)cc2)cc1. The molecule has 3 aromatic carbocycles. The van der Waals surface area contributed by atoms with Gasteiger partial charge in [-0.15, -0.1) is 0 Å². The van der Waals surface area contributed by atoms with Gasteiger partial charge >= 0.3 is 6.18 Å². The van der Waals surface area contributed by atoms with E-state index in [9.17, 15) is 31.5 Å². The number of aromatic hydroxyl groups is 1. The first-order chi connectivity index (χ1) is 19.3. The van der Waals surface area contributed by atoms with Crippen LogP contribution in [0.15, 0.2) is 77.7 Å². The largest absolute Gasteiger partial charge is 0.508 e. The Kier molecular flexibility index (Phi) is 9.41. The highest BCUT2D eigenvalue weighted by atomic mass is 32.2. The van der Waals surface area contributed by atoms with E-state index in [-0.39, 0.29) is 36.2 Å². The van der Waals surface area contributed by atoms with Crippen LogP contribution in [0.1, 0.15) is 54.9 Å². The zero-order valence-corrected chi connectivity index (χ0v) is 23.7. The first-order valence-corrected chi connectivity index (χ1v) is 14.9. The molecule has 220 valence electrons. The van der Waals surface area contributed by atoms with Crippen LogP contribution in [0, 0.1) is 0 Å². The Morgan fingerprint density at radius 2 is 1.68 bits per heavy atom. The number of nitrogens with zero attached hydrogens (tertiary/aromatic N) is 1. The van der Waals surface area contributed by atoms with Crippen molar-refractivity contribution in [1.29, 1.82) is 0 Å². The van der Waals surface area contributed by atoms with Gasteiger partial charge in [0.15, 0.2) is 0 Å². The number of phenols is 1. The minimum atomic E-state index is -4.60. The summed E-state index contributed by atoms with van der Waals surface area (Å²) < 4.78 is 67.4. The molecule has 1 aliphatic heterocycles. The summed E-state index contributed by atoms with van der Waals surface area (Å²) in [5.41, 5.74) is 1.89. The first-order valence-electron chi connectivity index (χ1n) is 13.4. The number of carbonyl (C=O) groups excluding carboxylic acids is 1. The van der Waals surface area contributed by atoms with Gasteiger partial charge in [0.2, 0.25) is 15.9 Å². The number of amides is 1. The Morgan fingerprint density at radius 1 is 1.00 bits per heavy atom. The summed E-state index contributed by atoms with van der Waals surface area (Å²) in [6.07, 6.45) is -4.05. The van der Waals surface area contributed by atoms with E-state index in [0.29, 0.717) is 18.9 Å². The molecule has 1 fully saturated rings. The lowest BCUT2D eigenvalue weighted by Crippen LogP contribution is -2.56. The number of piperidine rings is 1. The molecule has 3 aromatic rings. The van der Waals surface area contributed by atoms with Crippen molar-refractivity contribution in [2.24, 2.45) is 0 Å². The van der Waals surface area contributed by atoms with Crippen molar-refractivity contribution in [3.05, 3.63) is 95.1 Å². The number of nitrogens with one attached hydrogen (secondary N) is 2. The average Bonchev–Trinajstić information content (AvgIpc) is 2.94. The van der Waals surface area contributed by atoms with E-state index in [2.05, 4.69) is 24.5 Å². The maximum absolute atomic E-state index is 13.6. The van der Waals surface area contributed by atoms with E-state index in [1.165, 1.54) is 0 Å². The fraction of sp³-hybridized carbons (Fsp3) is 0.367. The molecule has 1 amide bonds. The van der Waals surface area contributed by atoms with E-state index in [1.54, 1.807) is 18.2 Å². The number of hydrogen-bond acceptors (Lipinski definition) is 5. The van der Waals surface area contributed by atoms with E-state index < -0.39 is 33.7 Å². The molecule has 3 N–H and O–H groups in total. The number of carbonyl (C=O) groups is 1. The third-order valence-corrected chi connectivity index (χ3v) is 9.19. The molecular formula is C30H34F3N3O4S. The van der Waals surface area contributed by atoms with Gasteiger partial charge in [-0.3, -0.25) is 4.79 Å². The molecule has 1 aliphatic rings. The number of benzene rings is 3. The molecule has 0 radical (unpaired) electrons. The van der Waals surface area contributed by atoms with Gasteiger partial charge in [0, 0.05) is 25.7 Å². The van der Waals surface area contributed by atoms with Gasteiger partial charge in [0.1, 0.15) is 11.8 Å². The van der Waals surface area contributed by atoms with Crippen LogP contribution in [0.2, 0.25) is 0 Å². The summed E-state index contributed by atoms with van der Waals surface area (Å²) in [4.78, 5) is 13.2. The minimum absolute atomic E-state index is 0.00222. The fourth-order valence-electron chi connectivity index (χ4n) is 4.86. The minimum Gasteiger partial charge on any atom is -0.508 e. The van der Waals surface area contributed by atoms with Gasteiger partial charge in [-0.2, -0.15) is 17.5 Å². The van der Waals surface area contributed by atoms with Crippen molar-refractivity contribution in [3.63, 3.8) is 0 Å². The molecule has 1 saturated heterocycles. The van der Waals surface area contributed by atoms with Crippen LogP contribution in [0.3, 0.4) is 0 Å². The van der Waals surface area contributed by atoms with Gasteiger partial charge in [0.25, 0.3) is 0 Å². The van der Waals surface area contributed by atoms with Crippen LogP contribution in [0.4, 0.5) is 13.2 Å². The predicted molar refractivity (Wildman–Crippen MR) is 149 cm³/mol. The Hall–Kier alpha value is -3.41. The zero-order chi connectivity index (χ0) is 29.8. The normalized spacial score (nSPS) is 18.4. The lowest BCUT2D eigenvalue weighted by molar-refractivity contribution is -0.137. The van der Waals surface area contributed by atoms with E-state index >= 15 is 0 Å². The highest BCUT2D eigenvalue weighted by Gasteiger charge is 2.41. The molecule has 0 unspecified atom stereocenters. The van der Waals surface area contributed by atoms with Crippen LogP contribution in [0.5, 0.6) is 5.75 Å². The summed E-state index contributed by atoms with van der Waals surface area (Å²) in [7, 11) is -4.27. The molecule has 2 atom stereocenters. The zero-order valence-electron chi connectivity index (χ0n) is 22.9. The number of hydrogen-bond donors (Lipinski definition) is 3. The first kappa shape index (κ1) is 30.5. The number of alkyl halides is 3. The van der Waals surface area contributed by atoms with Crippen molar-refractivity contribution in [2.45, 2.75) is 68.9 Å². The van der Waals surface area contributed by atoms with E-state index in [4.69, 9.17) is 0 Å². The smallest absolute Gasteiger partial charge is 0.416 e. The van der Waals surface area contributed by atoms with Gasteiger partial charge in [-0.25, -0.2) is 8.42 Å². The quantitative estimate of drug-likeness (QED) is 0.320. The van der Waals surface area contributed by atoms with Crippen molar-refractivity contribution in [1.82, 2.24) is 14.9 Å². The van der Waals surface area contributed by atoms with E-state index in [0.717, 1.165) is 45.3 Å². The molecule has 41 heavy (non-hydrogen) atoms. The van der Waals surface area contributed by atoms with Crippen LogP contribution >= 0.6 is 0 Å². The topological polar surface area (TPSA) is 98.7 Å². The lowest BCUT2D eigenvalue weighted by Gasteiger charge is -2.38. The number of phenolic OH excluding ortho intramolecular Hbond substituents is 1. The highest BCUT2D eigenvalue weighted by Crippen LogP contribution is 2.32. The number of sulfonamides is 1. The van der Waals surface area contributed by atoms with Crippen molar-refractivity contribution in [2.75, 3.05) is 6.54 Å². The maximum atomic E-state index is 13.6. The van der Waals surface area contributed by atoms with Gasteiger partial charge in [-0.1, -0.05) is 50.2 Å². The molecule has 4 rings (SSSR count). The Balaban J connectivity index is 1.53. The van der Waals surface area contributed by atoms with Crippen molar-refractivity contribution >= 4 is 15.9 Å². The molecule has 11 heteroatoms. The third-order valence-electron chi connectivity index (χ3n) is 7.26. The van der Waals surface area contributed by atoms with Crippen molar-refractivity contribution < 1.29 is 31.5 Å². The van der Waals surface area contributed by atoms with Gasteiger partial charge < -0.3 is 15.7 Å². The molecule has 0 aromatic heterocycles. The van der Waals surface area contributed by atoms with Crippen LogP contribution < -0.4 is 10.6 Å². The molecule has 0 saturated carbocycles. The lowest BCUT2D eigenvalue weighted by atomic mass is 9.98. The standard InChI is InChI=1S/C30H34F3N3O4S/c1-20(2)23-8-6-21(7-9-23)18-35-29(38)28-17-25(34-19-22-4-3-5-26(37)16-22)14-15-36(28)41(39,40)27-12-10-24(11-13-27)30(31,32)33/h3-13,16,20,25,28,34,37H,14-15,17-19H2,1-2H3,(H,35,38)/t25-,28-/m1/s1. The summed E-state index contributed by atoms with van der Waals surface area (Å²) in [5, 5.41) is 15.9. The molecule has 1 heterocycles. The highest BCUT2D eigenvalue weighted by molar-refractivity contribution is 7.89. The monoisotopic (exact) mass is 589 g/mol. The van der Waals surface area contributed by atoms with Crippen LogP contribution in [0.25, 0.3) is 0 Å². The molecule has 0 bridgehead atoms. The molecular weight excluding hydrogens is 555 g/mol. The average molecular weight is 590 g/mol. The van der Waals surface area contributed by atoms with Gasteiger partial charge in [0.05, 0.1) is 10.5 Å². The number of rotatable bonds is 9. The predicted octanol–water partition coefficient (Wildman–Crippen LogP) is 5.16. The van der Waals surface area contributed by atoms with E-state index in [1.807, 2.05) is 30.3 Å². The molecule has 7 nitrogen and oxygen atoms in total. The summed E-state index contributed by atoms with van der Waals surface area (Å²) in [6, 6.07) is 16.5. The fourth-order valence-corrected chi connectivity index (χ4v) is 6.48. The molecule has 0 spiro atoms. The third kappa shape index (κ3) is 7.66. The summed E-state index contributed by atoms with van der Waals surface area (Å²) >= 11 is 0. The van der Waals surface area contributed by atoms with Crippen LogP contribution in [-0.4, -0.2) is 42.4 Å². The Morgan fingerprint density at radius 3 is 2.29 bits per heavy atom. The number of halogens is 3. The van der Waals surface area contributed by atoms with Gasteiger partial charge in [-0.05, 0) is 71.8 Å². The summed E-state index contributed by atoms with van der Waals surface area (Å²) in [6.45, 7) is 4.76. The second kappa shape index (κ2) is 12.6. The Labute approximate surface area is 238 Å². The van der Waals surface area contributed by atoms with Crippen LogP contribution in [-0.2, 0) is 34.1 Å². The Bertz CT molecular complexity index is 1440.